The topological polar surface area (TPSA) is 43.4 Å². The summed E-state index contributed by atoms with van der Waals surface area (Å²) in [4.78, 5) is 0.228. The van der Waals surface area contributed by atoms with Crippen LogP contribution in [0, 0.1) is 5.82 Å². The zero-order valence-corrected chi connectivity index (χ0v) is 11.2. The lowest BCUT2D eigenvalue weighted by Gasteiger charge is -2.06. The lowest BCUT2D eigenvalue weighted by Crippen LogP contribution is -2.05. The standard InChI is InChI=1S/C14H13FO3S/c1-18-14-8-7-11(9-13(14)15)10-19(16,17)12-5-3-2-4-6-12/h2-9H,10H2,1H3. The molecular weight excluding hydrogens is 267 g/mol. The summed E-state index contributed by atoms with van der Waals surface area (Å²) < 4.78 is 42.5. The minimum atomic E-state index is -3.46. The molecule has 0 saturated carbocycles. The number of hydrogen-bond acceptors (Lipinski definition) is 3. The zero-order valence-electron chi connectivity index (χ0n) is 10.3. The molecular formula is C14H13FO3S. The summed E-state index contributed by atoms with van der Waals surface area (Å²) in [5.74, 6) is -0.707. The second kappa shape index (κ2) is 5.40. The largest absolute Gasteiger partial charge is 0.494 e. The van der Waals surface area contributed by atoms with Crippen LogP contribution in [0.5, 0.6) is 5.75 Å². The minimum absolute atomic E-state index is 0.0980. The van der Waals surface area contributed by atoms with E-state index in [0.29, 0.717) is 5.56 Å². The normalized spacial score (nSPS) is 11.3. The van der Waals surface area contributed by atoms with E-state index in [1.807, 2.05) is 0 Å². The fourth-order valence-corrected chi connectivity index (χ4v) is 3.09. The monoisotopic (exact) mass is 280 g/mol. The summed E-state index contributed by atoms with van der Waals surface area (Å²) >= 11 is 0. The molecule has 0 aliphatic carbocycles. The molecule has 0 aromatic heterocycles. The van der Waals surface area contributed by atoms with Crippen LogP contribution >= 0.6 is 0 Å². The smallest absolute Gasteiger partial charge is 0.182 e. The van der Waals surface area contributed by atoms with E-state index in [1.54, 1.807) is 24.3 Å². The molecule has 5 heteroatoms. The molecule has 0 aliphatic rings. The maximum atomic E-state index is 13.5. The number of halogens is 1. The van der Waals surface area contributed by atoms with Gasteiger partial charge in [-0.1, -0.05) is 24.3 Å². The molecule has 0 radical (unpaired) electrons. The third-order valence-electron chi connectivity index (χ3n) is 2.68. The molecule has 0 amide bonds. The van der Waals surface area contributed by atoms with Gasteiger partial charge in [0.25, 0.3) is 0 Å². The molecule has 0 saturated heterocycles. The Balaban J connectivity index is 2.29. The first-order valence-corrected chi connectivity index (χ1v) is 7.28. The predicted octanol–water partition coefficient (Wildman–Crippen LogP) is 2.81. The number of rotatable bonds is 4. The van der Waals surface area contributed by atoms with Gasteiger partial charge in [-0.25, -0.2) is 12.8 Å². The quantitative estimate of drug-likeness (QED) is 0.865. The highest BCUT2D eigenvalue weighted by atomic mass is 32.2. The molecule has 2 aromatic rings. The SMILES string of the molecule is COc1ccc(CS(=O)(=O)c2ccccc2)cc1F. The molecule has 2 rings (SSSR count). The van der Waals surface area contributed by atoms with E-state index < -0.39 is 15.7 Å². The Morgan fingerprint density at radius 2 is 1.79 bits per heavy atom. The molecule has 3 nitrogen and oxygen atoms in total. The van der Waals surface area contributed by atoms with Crippen LogP contribution < -0.4 is 4.74 Å². The number of sulfone groups is 1. The lowest BCUT2D eigenvalue weighted by atomic mass is 10.2. The predicted molar refractivity (Wildman–Crippen MR) is 70.3 cm³/mol. The van der Waals surface area contributed by atoms with Crippen molar-refractivity contribution in [3.05, 3.63) is 59.9 Å². The molecule has 2 aromatic carbocycles. The average molecular weight is 280 g/mol. The third-order valence-corrected chi connectivity index (χ3v) is 4.38. The fraction of sp³-hybridized carbons (Fsp3) is 0.143. The average Bonchev–Trinajstić information content (AvgIpc) is 2.39. The highest BCUT2D eigenvalue weighted by Crippen LogP contribution is 2.21. The Morgan fingerprint density at radius 1 is 1.11 bits per heavy atom. The summed E-state index contributed by atoms with van der Waals surface area (Å²) in [6.07, 6.45) is 0. The van der Waals surface area contributed by atoms with Crippen LogP contribution in [-0.2, 0) is 15.6 Å². The highest BCUT2D eigenvalue weighted by molar-refractivity contribution is 7.90. The van der Waals surface area contributed by atoms with Crippen LogP contribution in [0.25, 0.3) is 0 Å². The summed E-state index contributed by atoms with van der Waals surface area (Å²) in [6.45, 7) is 0. The maximum absolute atomic E-state index is 13.5. The summed E-state index contributed by atoms with van der Waals surface area (Å²) in [7, 11) is -2.10. The van der Waals surface area contributed by atoms with Gasteiger partial charge < -0.3 is 4.74 Å². The molecule has 0 N–H and O–H groups in total. The van der Waals surface area contributed by atoms with E-state index in [0.717, 1.165) is 0 Å². The first-order valence-electron chi connectivity index (χ1n) is 5.63. The Labute approximate surface area is 111 Å². The molecule has 0 atom stereocenters. The lowest BCUT2D eigenvalue weighted by molar-refractivity contribution is 0.386. The van der Waals surface area contributed by atoms with Crippen LogP contribution in [0.3, 0.4) is 0 Å². The summed E-state index contributed by atoms with van der Waals surface area (Å²) in [5.41, 5.74) is 0.391. The Hall–Kier alpha value is -1.88. The molecule has 100 valence electrons. The van der Waals surface area contributed by atoms with Gasteiger partial charge in [0.2, 0.25) is 0 Å². The van der Waals surface area contributed by atoms with E-state index in [2.05, 4.69) is 0 Å². The van der Waals surface area contributed by atoms with E-state index in [4.69, 9.17) is 4.74 Å². The molecule has 0 aliphatic heterocycles. The second-order valence-electron chi connectivity index (χ2n) is 4.04. The molecule has 0 fully saturated rings. The van der Waals surface area contributed by atoms with Crippen LogP contribution in [0.4, 0.5) is 4.39 Å². The zero-order chi connectivity index (χ0) is 13.9. The third kappa shape index (κ3) is 3.12. The minimum Gasteiger partial charge on any atom is -0.494 e. The van der Waals surface area contributed by atoms with Crippen LogP contribution in [0.1, 0.15) is 5.56 Å². The Bertz CT molecular complexity index is 666. The van der Waals surface area contributed by atoms with Crippen molar-refractivity contribution in [2.45, 2.75) is 10.6 Å². The van der Waals surface area contributed by atoms with Gasteiger partial charge in [0, 0.05) is 0 Å². The van der Waals surface area contributed by atoms with Crippen molar-refractivity contribution in [1.82, 2.24) is 0 Å². The fourth-order valence-electron chi connectivity index (χ4n) is 1.73. The van der Waals surface area contributed by atoms with Crippen molar-refractivity contribution in [3.63, 3.8) is 0 Å². The van der Waals surface area contributed by atoms with Crippen LogP contribution in [-0.4, -0.2) is 15.5 Å². The summed E-state index contributed by atoms with van der Waals surface area (Å²) in [5, 5.41) is 0. The van der Waals surface area contributed by atoms with Gasteiger partial charge in [-0.2, -0.15) is 0 Å². The molecule has 0 bridgehead atoms. The number of benzene rings is 2. The number of hydrogen-bond donors (Lipinski definition) is 0. The highest BCUT2D eigenvalue weighted by Gasteiger charge is 2.16. The maximum Gasteiger partial charge on any atom is 0.182 e. The van der Waals surface area contributed by atoms with Crippen molar-refractivity contribution < 1.29 is 17.5 Å². The van der Waals surface area contributed by atoms with Gasteiger partial charge in [-0.15, -0.1) is 0 Å². The van der Waals surface area contributed by atoms with Gasteiger partial charge >= 0.3 is 0 Å². The van der Waals surface area contributed by atoms with E-state index >= 15 is 0 Å². The second-order valence-corrected chi connectivity index (χ2v) is 6.03. The van der Waals surface area contributed by atoms with Gasteiger partial charge in [0.05, 0.1) is 17.8 Å². The number of ether oxygens (including phenoxy) is 1. The molecule has 0 spiro atoms. The van der Waals surface area contributed by atoms with Gasteiger partial charge in [0.15, 0.2) is 21.4 Å². The first-order chi connectivity index (χ1) is 9.03. The van der Waals surface area contributed by atoms with E-state index in [1.165, 1.54) is 31.4 Å². The van der Waals surface area contributed by atoms with Gasteiger partial charge in [-0.05, 0) is 29.8 Å². The molecule has 19 heavy (non-hydrogen) atoms. The van der Waals surface area contributed by atoms with Crippen molar-refractivity contribution in [3.8, 4) is 5.75 Å². The van der Waals surface area contributed by atoms with Crippen molar-refractivity contribution in [2.75, 3.05) is 7.11 Å². The summed E-state index contributed by atoms with van der Waals surface area (Å²) in [6, 6.07) is 12.2. The van der Waals surface area contributed by atoms with Crippen LogP contribution in [0.15, 0.2) is 53.4 Å². The van der Waals surface area contributed by atoms with Gasteiger partial charge in [-0.3, -0.25) is 0 Å². The first kappa shape index (κ1) is 13.5. The Morgan fingerprint density at radius 3 is 2.37 bits per heavy atom. The molecule has 0 heterocycles. The Kier molecular flexibility index (Phi) is 3.85. The van der Waals surface area contributed by atoms with Crippen molar-refractivity contribution in [1.29, 1.82) is 0 Å². The van der Waals surface area contributed by atoms with Crippen molar-refractivity contribution in [2.24, 2.45) is 0 Å². The van der Waals surface area contributed by atoms with E-state index in [-0.39, 0.29) is 16.4 Å². The molecule has 0 unspecified atom stereocenters. The van der Waals surface area contributed by atoms with Crippen LogP contribution in [0.2, 0.25) is 0 Å². The van der Waals surface area contributed by atoms with Gasteiger partial charge in [0.1, 0.15) is 0 Å². The number of methoxy groups -OCH3 is 1. The van der Waals surface area contributed by atoms with Crippen molar-refractivity contribution >= 4 is 9.84 Å². The van der Waals surface area contributed by atoms with E-state index in [9.17, 15) is 12.8 Å².